The molecule has 0 bridgehead atoms. The predicted molar refractivity (Wildman–Crippen MR) is 75.1 cm³/mol. The molecular formula is C14H19N3O2. The van der Waals surface area contributed by atoms with Crippen molar-refractivity contribution >= 4 is 16.9 Å². The Morgan fingerprint density at radius 2 is 1.95 bits per heavy atom. The Bertz CT molecular complexity index is 640. The van der Waals surface area contributed by atoms with Crippen molar-refractivity contribution in [1.29, 1.82) is 0 Å². The maximum absolute atomic E-state index is 12.1. The van der Waals surface area contributed by atoms with Gasteiger partial charge >= 0.3 is 5.69 Å². The molecule has 0 aliphatic heterocycles. The lowest BCUT2D eigenvalue weighted by Gasteiger charge is -2.04. The summed E-state index contributed by atoms with van der Waals surface area (Å²) in [5.74, 6) is -0.0123. The number of carbonyl (C=O) groups is 1. The van der Waals surface area contributed by atoms with E-state index in [0.29, 0.717) is 19.5 Å². The van der Waals surface area contributed by atoms with Gasteiger partial charge in [0.25, 0.3) is 0 Å². The fourth-order valence-electron chi connectivity index (χ4n) is 2.15. The van der Waals surface area contributed by atoms with Crippen molar-refractivity contribution in [3.63, 3.8) is 0 Å². The number of amides is 1. The molecule has 102 valence electrons. The van der Waals surface area contributed by atoms with E-state index in [4.69, 9.17) is 0 Å². The number of carbonyl (C=O) groups excluding carboxylic acids is 1. The first-order chi connectivity index (χ1) is 9.15. The second kappa shape index (κ2) is 5.73. The van der Waals surface area contributed by atoms with Crippen LogP contribution in [0.4, 0.5) is 0 Å². The molecule has 1 N–H and O–H groups in total. The van der Waals surface area contributed by atoms with Crippen molar-refractivity contribution in [2.75, 3.05) is 6.54 Å². The molecule has 0 atom stereocenters. The van der Waals surface area contributed by atoms with Crippen molar-refractivity contribution in [1.82, 2.24) is 14.5 Å². The Morgan fingerprint density at radius 3 is 2.63 bits per heavy atom. The highest BCUT2D eigenvalue weighted by Crippen LogP contribution is 2.11. The molecular weight excluding hydrogens is 242 g/mol. The topological polar surface area (TPSA) is 56.0 Å². The molecule has 0 aliphatic carbocycles. The summed E-state index contributed by atoms with van der Waals surface area (Å²) < 4.78 is 3.26. The Balaban J connectivity index is 2.19. The van der Waals surface area contributed by atoms with Crippen LogP contribution >= 0.6 is 0 Å². The summed E-state index contributed by atoms with van der Waals surface area (Å²) in [6, 6.07) is 7.61. The van der Waals surface area contributed by atoms with Crippen LogP contribution in [-0.2, 0) is 18.4 Å². The molecule has 0 radical (unpaired) electrons. The molecule has 1 aromatic heterocycles. The second-order valence-electron chi connectivity index (χ2n) is 4.58. The molecule has 0 unspecified atom stereocenters. The molecule has 5 heteroatoms. The second-order valence-corrected chi connectivity index (χ2v) is 4.58. The van der Waals surface area contributed by atoms with Crippen molar-refractivity contribution in [3.8, 4) is 0 Å². The number of benzene rings is 1. The monoisotopic (exact) mass is 261 g/mol. The van der Waals surface area contributed by atoms with Crippen LogP contribution in [0.25, 0.3) is 11.0 Å². The standard InChI is InChI=1S/C14H19N3O2/c1-3-9-15-13(18)8-10-17-12-7-5-4-6-11(12)16(2)14(17)19/h4-7H,3,8-10H2,1-2H3,(H,15,18). The van der Waals surface area contributed by atoms with Gasteiger partial charge in [-0.05, 0) is 18.6 Å². The molecule has 1 amide bonds. The first-order valence-electron chi connectivity index (χ1n) is 6.56. The number of imidazole rings is 1. The van der Waals surface area contributed by atoms with Crippen molar-refractivity contribution < 1.29 is 4.79 Å². The third-order valence-corrected chi connectivity index (χ3v) is 3.19. The molecule has 2 rings (SSSR count). The molecule has 0 aliphatic rings. The summed E-state index contributed by atoms with van der Waals surface area (Å²) in [6.45, 7) is 3.11. The smallest absolute Gasteiger partial charge is 0.328 e. The lowest BCUT2D eigenvalue weighted by molar-refractivity contribution is -0.121. The van der Waals surface area contributed by atoms with E-state index in [1.54, 1.807) is 16.2 Å². The van der Waals surface area contributed by atoms with Crippen LogP contribution in [0, 0.1) is 0 Å². The summed E-state index contributed by atoms with van der Waals surface area (Å²) >= 11 is 0. The van der Waals surface area contributed by atoms with Gasteiger partial charge in [0.1, 0.15) is 0 Å². The first kappa shape index (κ1) is 13.4. The number of fused-ring (bicyclic) bond motifs is 1. The van der Waals surface area contributed by atoms with E-state index < -0.39 is 0 Å². The largest absolute Gasteiger partial charge is 0.356 e. The van der Waals surface area contributed by atoms with Gasteiger partial charge in [-0.3, -0.25) is 13.9 Å². The van der Waals surface area contributed by atoms with Crippen LogP contribution in [0.2, 0.25) is 0 Å². The number of aryl methyl sites for hydroxylation is 2. The minimum atomic E-state index is -0.0792. The number of rotatable bonds is 5. The predicted octanol–water partition coefficient (Wildman–Crippen LogP) is 1.26. The molecule has 0 spiro atoms. The van der Waals surface area contributed by atoms with Gasteiger partial charge < -0.3 is 5.32 Å². The molecule has 19 heavy (non-hydrogen) atoms. The van der Waals surface area contributed by atoms with Crippen LogP contribution in [0.3, 0.4) is 0 Å². The van der Waals surface area contributed by atoms with Gasteiger partial charge in [-0.1, -0.05) is 19.1 Å². The van der Waals surface area contributed by atoms with Crippen LogP contribution in [-0.4, -0.2) is 21.6 Å². The highest BCUT2D eigenvalue weighted by molar-refractivity contribution is 5.77. The summed E-state index contributed by atoms with van der Waals surface area (Å²) in [6.07, 6.45) is 1.24. The third-order valence-electron chi connectivity index (χ3n) is 3.19. The SMILES string of the molecule is CCCNC(=O)CCn1c(=O)n(C)c2ccccc21. The summed E-state index contributed by atoms with van der Waals surface area (Å²) in [5, 5.41) is 2.82. The Morgan fingerprint density at radius 1 is 1.26 bits per heavy atom. The van der Waals surface area contributed by atoms with Gasteiger partial charge in [-0.2, -0.15) is 0 Å². The van der Waals surface area contributed by atoms with E-state index in [-0.39, 0.29) is 11.6 Å². The van der Waals surface area contributed by atoms with Gasteiger partial charge in [0.2, 0.25) is 5.91 Å². The van der Waals surface area contributed by atoms with Crippen molar-refractivity contribution in [2.45, 2.75) is 26.3 Å². The average Bonchev–Trinajstić information content (AvgIpc) is 2.67. The van der Waals surface area contributed by atoms with Crippen molar-refractivity contribution in [3.05, 3.63) is 34.7 Å². The fourth-order valence-corrected chi connectivity index (χ4v) is 2.15. The molecule has 0 saturated carbocycles. The minimum absolute atomic E-state index is 0.0123. The molecule has 1 heterocycles. The van der Waals surface area contributed by atoms with E-state index in [1.165, 1.54) is 0 Å². The minimum Gasteiger partial charge on any atom is -0.356 e. The first-order valence-corrected chi connectivity index (χ1v) is 6.56. The highest BCUT2D eigenvalue weighted by Gasteiger charge is 2.10. The zero-order valence-corrected chi connectivity index (χ0v) is 11.3. The zero-order chi connectivity index (χ0) is 13.8. The maximum Gasteiger partial charge on any atom is 0.328 e. The summed E-state index contributed by atoms with van der Waals surface area (Å²) in [7, 11) is 1.75. The lowest BCUT2D eigenvalue weighted by atomic mass is 10.3. The fraction of sp³-hybridized carbons (Fsp3) is 0.429. The highest BCUT2D eigenvalue weighted by atomic mass is 16.2. The number of hydrogen-bond acceptors (Lipinski definition) is 2. The number of para-hydroxylation sites is 2. The summed E-state index contributed by atoms with van der Waals surface area (Å²) in [4.78, 5) is 23.7. The molecule has 0 fully saturated rings. The van der Waals surface area contributed by atoms with E-state index in [1.807, 2.05) is 31.2 Å². The average molecular weight is 261 g/mol. The Hall–Kier alpha value is -2.04. The van der Waals surface area contributed by atoms with Crippen LogP contribution in [0.1, 0.15) is 19.8 Å². The number of nitrogens with zero attached hydrogens (tertiary/aromatic N) is 2. The maximum atomic E-state index is 12.1. The van der Waals surface area contributed by atoms with E-state index in [2.05, 4.69) is 5.32 Å². The van der Waals surface area contributed by atoms with Gasteiger partial charge in [0.15, 0.2) is 0 Å². The summed E-state index contributed by atoms with van der Waals surface area (Å²) in [5.41, 5.74) is 1.68. The Kier molecular flexibility index (Phi) is 4.04. The number of aromatic nitrogens is 2. The lowest BCUT2D eigenvalue weighted by Crippen LogP contribution is -2.28. The van der Waals surface area contributed by atoms with Crippen molar-refractivity contribution in [2.24, 2.45) is 7.05 Å². The molecule has 2 aromatic rings. The third kappa shape index (κ3) is 2.70. The quantitative estimate of drug-likeness (QED) is 0.881. The number of hydrogen-bond donors (Lipinski definition) is 1. The van der Waals surface area contributed by atoms with Crippen LogP contribution in [0.5, 0.6) is 0 Å². The Labute approximate surface area is 111 Å². The van der Waals surface area contributed by atoms with E-state index in [0.717, 1.165) is 17.5 Å². The molecule has 0 saturated heterocycles. The van der Waals surface area contributed by atoms with Gasteiger partial charge in [0.05, 0.1) is 11.0 Å². The molecule has 5 nitrogen and oxygen atoms in total. The van der Waals surface area contributed by atoms with Crippen LogP contribution in [0.15, 0.2) is 29.1 Å². The van der Waals surface area contributed by atoms with Gasteiger partial charge in [0, 0.05) is 26.6 Å². The van der Waals surface area contributed by atoms with E-state index >= 15 is 0 Å². The van der Waals surface area contributed by atoms with Gasteiger partial charge in [-0.25, -0.2) is 4.79 Å². The zero-order valence-electron chi connectivity index (χ0n) is 11.3. The van der Waals surface area contributed by atoms with E-state index in [9.17, 15) is 9.59 Å². The number of nitrogens with one attached hydrogen (secondary N) is 1. The van der Waals surface area contributed by atoms with Crippen LogP contribution < -0.4 is 11.0 Å². The van der Waals surface area contributed by atoms with Gasteiger partial charge in [-0.15, -0.1) is 0 Å². The normalized spacial score (nSPS) is 10.8. The molecule has 1 aromatic carbocycles.